The number of carbonyl (C=O) groups is 2. The quantitative estimate of drug-likeness (QED) is 0.661. The van der Waals surface area contributed by atoms with E-state index in [2.05, 4.69) is 38.2 Å². The van der Waals surface area contributed by atoms with E-state index < -0.39 is 6.04 Å². The van der Waals surface area contributed by atoms with Crippen molar-refractivity contribution < 1.29 is 14.0 Å². The molecule has 2 aromatic heterocycles. The van der Waals surface area contributed by atoms with Gasteiger partial charge >= 0.3 is 0 Å². The van der Waals surface area contributed by atoms with E-state index in [1.54, 1.807) is 25.4 Å². The molecule has 6 nitrogen and oxygen atoms in total. The van der Waals surface area contributed by atoms with Gasteiger partial charge in [-0.15, -0.1) is 0 Å². The molecule has 2 heterocycles. The lowest BCUT2D eigenvalue weighted by molar-refractivity contribution is -0.124. The smallest absolute Gasteiger partial charge is 0.287 e. The molecule has 0 aromatic carbocycles. The number of halogens is 1. The Morgan fingerprint density at radius 3 is 2.62 bits per heavy atom. The van der Waals surface area contributed by atoms with Gasteiger partial charge in [-0.25, -0.2) is 0 Å². The van der Waals surface area contributed by atoms with E-state index in [1.807, 2.05) is 12.1 Å². The van der Waals surface area contributed by atoms with Gasteiger partial charge in [-0.2, -0.15) is 0 Å². The predicted octanol–water partition coefficient (Wildman–Crippen LogP) is 3.37. The van der Waals surface area contributed by atoms with Crippen LogP contribution in [0.15, 0.2) is 34.9 Å². The van der Waals surface area contributed by atoms with E-state index in [0.717, 1.165) is 29.3 Å². The third-order valence-corrected chi connectivity index (χ3v) is 5.38. The van der Waals surface area contributed by atoms with Crippen LogP contribution in [0.5, 0.6) is 0 Å². The molecule has 1 fully saturated rings. The summed E-state index contributed by atoms with van der Waals surface area (Å²) in [5.41, 5.74) is 0.666. The Kier molecular flexibility index (Phi) is 6.29. The van der Waals surface area contributed by atoms with Gasteiger partial charge in [0.2, 0.25) is 5.91 Å². The van der Waals surface area contributed by atoms with Crippen LogP contribution in [0.25, 0.3) is 11.5 Å². The fourth-order valence-corrected chi connectivity index (χ4v) is 3.67. The second-order valence-electron chi connectivity index (χ2n) is 6.49. The molecule has 0 radical (unpaired) electrons. The molecule has 7 heteroatoms. The highest BCUT2D eigenvalue weighted by Gasteiger charge is 2.31. The normalized spacial score (nSPS) is 16.1. The van der Waals surface area contributed by atoms with Gasteiger partial charge in [-0.1, -0.05) is 19.3 Å². The molecule has 1 aliphatic rings. The van der Waals surface area contributed by atoms with Gasteiger partial charge in [-0.05, 0) is 65.6 Å². The number of furan rings is 1. The zero-order chi connectivity index (χ0) is 18.5. The molecule has 0 bridgehead atoms. The maximum absolute atomic E-state index is 12.6. The van der Waals surface area contributed by atoms with Crippen LogP contribution in [-0.4, -0.2) is 29.9 Å². The number of rotatable bonds is 5. The fraction of sp³-hybridized carbons (Fsp3) is 0.421. The fourth-order valence-electron chi connectivity index (χ4n) is 3.35. The van der Waals surface area contributed by atoms with Crippen molar-refractivity contribution in [2.45, 2.75) is 38.1 Å². The van der Waals surface area contributed by atoms with Crippen LogP contribution >= 0.6 is 22.6 Å². The number of aromatic nitrogens is 1. The van der Waals surface area contributed by atoms with E-state index >= 15 is 0 Å². The van der Waals surface area contributed by atoms with E-state index in [4.69, 9.17) is 4.42 Å². The maximum Gasteiger partial charge on any atom is 0.287 e. The summed E-state index contributed by atoms with van der Waals surface area (Å²) in [6.45, 7) is 0. The molecule has 0 saturated heterocycles. The molecule has 2 N–H and O–H groups in total. The van der Waals surface area contributed by atoms with Gasteiger partial charge in [0, 0.05) is 16.8 Å². The van der Waals surface area contributed by atoms with Crippen molar-refractivity contribution in [2.75, 3.05) is 7.05 Å². The molecule has 2 aromatic rings. The lowest BCUT2D eigenvalue weighted by atomic mass is 9.83. The molecule has 138 valence electrons. The second kappa shape index (κ2) is 8.66. The average molecular weight is 467 g/mol. The molecule has 0 unspecified atom stereocenters. The zero-order valence-corrected chi connectivity index (χ0v) is 16.8. The first-order valence-corrected chi connectivity index (χ1v) is 9.90. The number of nitrogens with one attached hydrogen (secondary N) is 2. The average Bonchev–Trinajstić information content (AvgIpc) is 3.17. The molecule has 26 heavy (non-hydrogen) atoms. The Morgan fingerprint density at radius 1 is 1.19 bits per heavy atom. The summed E-state index contributed by atoms with van der Waals surface area (Å²) in [6, 6.07) is 6.58. The van der Waals surface area contributed by atoms with Crippen LogP contribution in [0.4, 0.5) is 0 Å². The summed E-state index contributed by atoms with van der Waals surface area (Å²) in [5.74, 6) is 0.350. The molecule has 1 saturated carbocycles. The van der Waals surface area contributed by atoms with Gasteiger partial charge in [0.25, 0.3) is 5.91 Å². The Labute approximate surface area is 166 Å². The predicted molar refractivity (Wildman–Crippen MR) is 107 cm³/mol. The SMILES string of the molecule is CNC(=O)[C@@H](NC(=O)c1ccc(-c2ccc(I)cn2)o1)C1CCCCC1. The monoisotopic (exact) mass is 467 g/mol. The highest BCUT2D eigenvalue weighted by molar-refractivity contribution is 14.1. The summed E-state index contributed by atoms with van der Waals surface area (Å²) < 4.78 is 6.69. The van der Waals surface area contributed by atoms with Crippen molar-refractivity contribution in [1.29, 1.82) is 0 Å². The molecular weight excluding hydrogens is 445 g/mol. The number of amides is 2. The Hall–Kier alpha value is -1.90. The largest absolute Gasteiger partial charge is 0.449 e. The van der Waals surface area contributed by atoms with Gasteiger partial charge in [-0.3, -0.25) is 14.6 Å². The van der Waals surface area contributed by atoms with Gasteiger partial charge in [0.1, 0.15) is 11.7 Å². The number of hydrogen-bond acceptors (Lipinski definition) is 4. The molecule has 0 aliphatic heterocycles. The van der Waals surface area contributed by atoms with E-state index in [9.17, 15) is 9.59 Å². The minimum atomic E-state index is -0.530. The number of nitrogens with zero attached hydrogens (tertiary/aromatic N) is 1. The van der Waals surface area contributed by atoms with Crippen LogP contribution in [0.2, 0.25) is 0 Å². The second-order valence-corrected chi connectivity index (χ2v) is 7.73. The first-order chi connectivity index (χ1) is 12.6. The van der Waals surface area contributed by atoms with Gasteiger partial charge in [0.05, 0.1) is 0 Å². The van der Waals surface area contributed by atoms with E-state index in [1.165, 1.54) is 6.42 Å². The standard InChI is InChI=1S/C19H22IN3O3/c1-21-19(25)17(12-5-3-2-4-6-12)23-18(24)16-10-9-15(26-16)14-8-7-13(20)11-22-14/h7-12,17H,2-6H2,1H3,(H,21,25)(H,23,24)/t17-/m0/s1. The number of likely N-dealkylation sites (N-methyl/N-ethyl adjacent to an activating group) is 1. The van der Waals surface area contributed by atoms with Crippen molar-refractivity contribution in [3.8, 4) is 11.5 Å². The Balaban J connectivity index is 1.73. The van der Waals surface area contributed by atoms with Crippen LogP contribution < -0.4 is 10.6 Å². The summed E-state index contributed by atoms with van der Waals surface area (Å²) in [7, 11) is 1.59. The first-order valence-electron chi connectivity index (χ1n) is 8.82. The van der Waals surface area contributed by atoms with Crippen LogP contribution in [0.3, 0.4) is 0 Å². The topological polar surface area (TPSA) is 84.2 Å². The highest BCUT2D eigenvalue weighted by Crippen LogP contribution is 2.27. The Bertz CT molecular complexity index is 767. The maximum atomic E-state index is 12.6. The molecule has 2 amide bonds. The minimum absolute atomic E-state index is 0.156. The summed E-state index contributed by atoms with van der Waals surface area (Å²) >= 11 is 2.18. The van der Waals surface area contributed by atoms with Crippen molar-refractivity contribution in [1.82, 2.24) is 15.6 Å². The number of hydrogen-bond donors (Lipinski definition) is 2. The van der Waals surface area contributed by atoms with Crippen molar-refractivity contribution in [3.63, 3.8) is 0 Å². The van der Waals surface area contributed by atoms with Crippen LogP contribution in [-0.2, 0) is 4.79 Å². The van der Waals surface area contributed by atoms with Gasteiger partial charge in [0.15, 0.2) is 11.5 Å². The molecule has 3 rings (SSSR count). The zero-order valence-electron chi connectivity index (χ0n) is 14.6. The van der Waals surface area contributed by atoms with Crippen molar-refractivity contribution >= 4 is 34.4 Å². The third kappa shape index (κ3) is 4.44. The lowest BCUT2D eigenvalue weighted by Gasteiger charge is -2.29. The minimum Gasteiger partial charge on any atom is -0.449 e. The van der Waals surface area contributed by atoms with Crippen molar-refractivity contribution in [2.24, 2.45) is 5.92 Å². The Morgan fingerprint density at radius 2 is 1.96 bits per heavy atom. The molecule has 1 aliphatic carbocycles. The summed E-state index contributed by atoms with van der Waals surface area (Å²) in [4.78, 5) is 29.2. The molecule has 1 atom stereocenters. The number of pyridine rings is 1. The molecular formula is C19H22IN3O3. The van der Waals surface area contributed by atoms with Crippen LogP contribution in [0.1, 0.15) is 42.7 Å². The first kappa shape index (κ1) is 18.9. The number of carbonyl (C=O) groups excluding carboxylic acids is 2. The lowest BCUT2D eigenvalue weighted by Crippen LogP contribution is -2.50. The van der Waals surface area contributed by atoms with Crippen molar-refractivity contribution in [3.05, 3.63) is 39.8 Å². The summed E-state index contributed by atoms with van der Waals surface area (Å²) in [5, 5.41) is 5.52. The van der Waals surface area contributed by atoms with E-state index in [-0.39, 0.29) is 23.5 Å². The summed E-state index contributed by atoms with van der Waals surface area (Å²) in [6.07, 6.45) is 7.02. The third-order valence-electron chi connectivity index (χ3n) is 4.75. The molecule has 0 spiro atoms. The van der Waals surface area contributed by atoms with Gasteiger partial charge < -0.3 is 15.1 Å². The van der Waals surface area contributed by atoms with Crippen LogP contribution in [0, 0.1) is 9.49 Å². The highest BCUT2D eigenvalue weighted by atomic mass is 127. The van der Waals surface area contributed by atoms with E-state index in [0.29, 0.717) is 11.5 Å².